The van der Waals surface area contributed by atoms with Crippen LogP contribution < -0.4 is 0 Å². The highest BCUT2D eigenvalue weighted by Gasteiger charge is 2.19. The zero-order valence-corrected chi connectivity index (χ0v) is 15.3. The molecule has 0 saturated carbocycles. The second kappa shape index (κ2) is 7.03. The number of carbonyl (C=O) groups excluding carboxylic acids is 1. The molecule has 5 nitrogen and oxygen atoms in total. The van der Waals surface area contributed by atoms with Crippen LogP contribution in [0.3, 0.4) is 0 Å². The molecule has 5 heteroatoms. The van der Waals surface area contributed by atoms with Gasteiger partial charge in [-0.15, -0.1) is 0 Å². The van der Waals surface area contributed by atoms with Crippen LogP contribution >= 0.6 is 0 Å². The van der Waals surface area contributed by atoms with E-state index >= 15 is 0 Å². The van der Waals surface area contributed by atoms with Gasteiger partial charge in [-0.25, -0.2) is 4.98 Å². The van der Waals surface area contributed by atoms with E-state index in [-0.39, 0.29) is 11.9 Å². The molecule has 27 heavy (non-hydrogen) atoms. The van der Waals surface area contributed by atoms with Crippen LogP contribution in [-0.4, -0.2) is 32.2 Å². The van der Waals surface area contributed by atoms with Gasteiger partial charge in [-0.1, -0.05) is 30.3 Å². The van der Waals surface area contributed by atoms with E-state index in [4.69, 9.17) is 0 Å². The molecule has 1 aromatic carbocycles. The molecule has 1 atom stereocenters. The number of hydrogen-bond donors (Lipinski definition) is 0. The Morgan fingerprint density at radius 1 is 1.00 bits per heavy atom. The lowest BCUT2D eigenvalue weighted by Crippen LogP contribution is -2.29. The van der Waals surface area contributed by atoms with Crippen molar-refractivity contribution in [3.05, 3.63) is 90.5 Å². The van der Waals surface area contributed by atoms with Crippen molar-refractivity contribution in [3.8, 4) is 11.3 Å². The summed E-state index contributed by atoms with van der Waals surface area (Å²) in [6, 6.07) is 17.5. The van der Waals surface area contributed by atoms with Crippen molar-refractivity contribution in [1.82, 2.24) is 19.3 Å². The fourth-order valence-corrected chi connectivity index (χ4v) is 3.11. The molecular formula is C22H20N4O. The molecule has 4 aromatic rings. The molecule has 0 saturated heterocycles. The van der Waals surface area contributed by atoms with E-state index in [0.717, 1.165) is 22.5 Å². The molecule has 4 rings (SSSR count). The van der Waals surface area contributed by atoms with E-state index in [1.165, 1.54) is 0 Å². The molecule has 3 heterocycles. The predicted molar refractivity (Wildman–Crippen MR) is 105 cm³/mol. The molecule has 0 fully saturated rings. The van der Waals surface area contributed by atoms with Gasteiger partial charge in [0, 0.05) is 37.4 Å². The molecule has 0 bridgehead atoms. The summed E-state index contributed by atoms with van der Waals surface area (Å²) < 4.78 is 1.90. The first-order valence-electron chi connectivity index (χ1n) is 8.85. The number of aromatic nitrogens is 3. The number of rotatable bonds is 4. The normalized spacial score (nSPS) is 12.1. The molecule has 0 unspecified atom stereocenters. The maximum absolute atomic E-state index is 13.0. The molecule has 0 aliphatic heterocycles. The van der Waals surface area contributed by atoms with Crippen LogP contribution in [0, 0.1) is 0 Å². The second-order valence-corrected chi connectivity index (χ2v) is 6.55. The van der Waals surface area contributed by atoms with E-state index < -0.39 is 0 Å². The first-order valence-corrected chi connectivity index (χ1v) is 8.85. The van der Waals surface area contributed by atoms with Gasteiger partial charge < -0.3 is 9.30 Å². The number of hydrogen-bond acceptors (Lipinski definition) is 3. The second-order valence-electron chi connectivity index (χ2n) is 6.55. The van der Waals surface area contributed by atoms with Gasteiger partial charge in [-0.2, -0.15) is 0 Å². The van der Waals surface area contributed by atoms with Crippen LogP contribution in [0.15, 0.2) is 79.4 Å². The number of benzene rings is 1. The van der Waals surface area contributed by atoms with E-state index in [0.29, 0.717) is 5.56 Å². The quantitative estimate of drug-likeness (QED) is 0.550. The van der Waals surface area contributed by atoms with Crippen LogP contribution in [0.25, 0.3) is 16.9 Å². The Kier molecular flexibility index (Phi) is 4.42. The Labute approximate surface area is 157 Å². The SMILES string of the molecule is C[C@H](c1ccncc1)N(C)C(=O)c1ccc2nc(-c3ccccc3)cn2c1. The van der Waals surface area contributed by atoms with Gasteiger partial charge in [0.2, 0.25) is 0 Å². The third-order valence-electron chi connectivity index (χ3n) is 4.86. The molecule has 134 valence electrons. The Morgan fingerprint density at radius 2 is 1.74 bits per heavy atom. The van der Waals surface area contributed by atoms with Gasteiger partial charge in [0.1, 0.15) is 5.65 Å². The zero-order chi connectivity index (χ0) is 18.8. The summed E-state index contributed by atoms with van der Waals surface area (Å²) in [5.41, 5.74) is 4.44. The highest BCUT2D eigenvalue weighted by molar-refractivity contribution is 5.94. The van der Waals surface area contributed by atoms with E-state index in [2.05, 4.69) is 9.97 Å². The van der Waals surface area contributed by atoms with Crippen LogP contribution in [-0.2, 0) is 0 Å². The van der Waals surface area contributed by atoms with Gasteiger partial charge in [0.25, 0.3) is 5.91 Å². The number of fused-ring (bicyclic) bond motifs is 1. The minimum absolute atomic E-state index is 0.0313. The zero-order valence-electron chi connectivity index (χ0n) is 15.3. The van der Waals surface area contributed by atoms with Crippen molar-refractivity contribution >= 4 is 11.6 Å². The molecule has 0 spiro atoms. The summed E-state index contributed by atoms with van der Waals surface area (Å²) in [5.74, 6) is -0.0313. The molecule has 0 aliphatic rings. The van der Waals surface area contributed by atoms with Gasteiger partial charge in [0.15, 0.2) is 0 Å². The van der Waals surface area contributed by atoms with Crippen molar-refractivity contribution in [2.75, 3.05) is 7.05 Å². The molecule has 0 aliphatic carbocycles. The molecule has 0 N–H and O–H groups in total. The summed E-state index contributed by atoms with van der Waals surface area (Å²) in [6.45, 7) is 2.01. The minimum atomic E-state index is -0.0427. The summed E-state index contributed by atoms with van der Waals surface area (Å²) in [5, 5.41) is 0. The lowest BCUT2D eigenvalue weighted by atomic mass is 10.1. The van der Waals surface area contributed by atoms with Crippen molar-refractivity contribution < 1.29 is 4.79 Å². The maximum atomic E-state index is 13.0. The fourth-order valence-electron chi connectivity index (χ4n) is 3.11. The van der Waals surface area contributed by atoms with Crippen molar-refractivity contribution in [2.24, 2.45) is 0 Å². The number of amides is 1. The smallest absolute Gasteiger partial charge is 0.255 e. The first kappa shape index (κ1) is 17.0. The third kappa shape index (κ3) is 3.31. The number of carbonyl (C=O) groups is 1. The Balaban J connectivity index is 1.62. The Bertz CT molecular complexity index is 1070. The standard InChI is InChI=1S/C22H20N4O/c1-16(17-10-12-23-13-11-17)25(2)22(27)19-8-9-21-24-20(15-26(21)14-19)18-6-4-3-5-7-18/h3-16H,1-2H3/t16-/m1/s1. The topological polar surface area (TPSA) is 50.5 Å². The maximum Gasteiger partial charge on any atom is 0.255 e. The fraction of sp³-hybridized carbons (Fsp3) is 0.136. The average Bonchev–Trinajstić information content (AvgIpc) is 3.17. The van der Waals surface area contributed by atoms with Crippen molar-refractivity contribution in [1.29, 1.82) is 0 Å². The molecule has 1 amide bonds. The first-order chi connectivity index (χ1) is 13.1. The van der Waals surface area contributed by atoms with E-state index in [1.807, 2.05) is 85.4 Å². The van der Waals surface area contributed by atoms with E-state index in [9.17, 15) is 4.79 Å². The molecular weight excluding hydrogens is 336 g/mol. The molecule has 0 radical (unpaired) electrons. The predicted octanol–water partition coefficient (Wildman–Crippen LogP) is 4.23. The van der Waals surface area contributed by atoms with E-state index in [1.54, 1.807) is 17.3 Å². The van der Waals surface area contributed by atoms with Crippen molar-refractivity contribution in [2.45, 2.75) is 13.0 Å². The van der Waals surface area contributed by atoms with Gasteiger partial charge in [-0.3, -0.25) is 9.78 Å². The Hall–Kier alpha value is -3.47. The van der Waals surface area contributed by atoms with Gasteiger partial charge >= 0.3 is 0 Å². The van der Waals surface area contributed by atoms with Crippen molar-refractivity contribution in [3.63, 3.8) is 0 Å². The summed E-state index contributed by atoms with van der Waals surface area (Å²) >= 11 is 0. The average molecular weight is 356 g/mol. The monoisotopic (exact) mass is 356 g/mol. The summed E-state index contributed by atoms with van der Waals surface area (Å²) in [7, 11) is 1.82. The number of pyridine rings is 2. The van der Waals surface area contributed by atoms with Gasteiger partial charge in [-0.05, 0) is 36.8 Å². The lowest BCUT2D eigenvalue weighted by molar-refractivity contribution is 0.0742. The van der Waals surface area contributed by atoms with Crippen LogP contribution in [0.4, 0.5) is 0 Å². The summed E-state index contributed by atoms with van der Waals surface area (Å²) in [4.78, 5) is 23.4. The Morgan fingerprint density at radius 3 is 2.48 bits per heavy atom. The number of imidazole rings is 1. The lowest BCUT2D eigenvalue weighted by Gasteiger charge is -2.25. The van der Waals surface area contributed by atoms with Crippen LogP contribution in [0.5, 0.6) is 0 Å². The third-order valence-corrected chi connectivity index (χ3v) is 4.86. The number of nitrogens with zero attached hydrogens (tertiary/aromatic N) is 4. The molecule has 3 aromatic heterocycles. The highest BCUT2D eigenvalue weighted by Crippen LogP contribution is 2.22. The van der Waals surface area contributed by atoms with Crippen LogP contribution in [0.1, 0.15) is 28.9 Å². The summed E-state index contributed by atoms with van der Waals surface area (Å²) in [6.07, 6.45) is 7.28. The minimum Gasteiger partial charge on any atom is -0.335 e. The largest absolute Gasteiger partial charge is 0.335 e. The van der Waals surface area contributed by atoms with Crippen LogP contribution in [0.2, 0.25) is 0 Å². The van der Waals surface area contributed by atoms with Gasteiger partial charge in [0.05, 0.1) is 17.3 Å². The highest BCUT2D eigenvalue weighted by atomic mass is 16.2.